The zero-order valence-corrected chi connectivity index (χ0v) is 20.0. The number of hydrogen-bond donors (Lipinski definition) is 2. The van der Waals surface area contributed by atoms with Gasteiger partial charge in [-0.15, -0.1) is 0 Å². The third kappa shape index (κ3) is 3.37. The van der Waals surface area contributed by atoms with Gasteiger partial charge >= 0.3 is 0 Å². The molecule has 2 N–H and O–H groups in total. The van der Waals surface area contributed by atoms with Crippen molar-refractivity contribution >= 4 is 0 Å². The Bertz CT molecular complexity index is 746. The lowest BCUT2D eigenvalue weighted by Crippen LogP contribution is -2.50. The van der Waals surface area contributed by atoms with Gasteiger partial charge in [0.05, 0.1) is 12.2 Å². The molecule has 0 aliphatic heterocycles. The molecule has 0 spiro atoms. The van der Waals surface area contributed by atoms with E-state index >= 15 is 0 Å². The van der Waals surface area contributed by atoms with E-state index in [1.54, 1.807) is 0 Å². The van der Waals surface area contributed by atoms with Crippen molar-refractivity contribution in [2.24, 2.45) is 40.4 Å². The fourth-order valence-corrected chi connectivity index (χ4v) is 7.88. The molecule has 4 rings (SSSR count). The second-order valence-electron chi connectivity index (χ2n) is 11.9. The van der Waals surface area contributed by atoms with E-state index in [4.69, 9.17) is 0 Å². The number of allylic oxidation sites excluding steroid dienone is 3. The lowest BCUT2D eigenvalue weighted by molar-refractivity contribution is -0.0171. The van der Waals surface area contributed by atoms with Crippen LogP contribution in [0.25, 0.3) is 0 Å². The highest BCUT2D eigenvalue weighted by atomic mass is 16.3. The molecule has 0 bridgehead atoms. The maximum Gasteiger partial charge on any atom is 0.0693 e. The van der Waals surface area contributed by atoms with Crippen molar-refractivity contribution < 1.29 is 10.2 Å². The summed E-state index contributed by atoms with van der Waals surface area (Å²) in [5.74, 6) is 3.42. The molecule has 0 unspecified atom stereocenters. The van der Waals surface area contributed by atoms with Gasteiger partial charge in [-0.2, -0.15) is 0 Å². The molecule has 0 aromatic carbocycles. The summed E-state index contributed by atoms with van der Waals surface area (Å²) in [6.07, 6.45) is 12.7. The largest absolute Gasteiger partial charge is 0.393 e. The third-order valence-corrected chi connectivity index (χ3v) is 10.1. The maximum atomic E-state index is 11.0. The van der Waals surface area contributed by atoms with Gasteiger partial charge in [-0.1, -0.05) is 63.1 Å². The summed E-state index contributed by atoms with van der Waals surface area (Å²) in [6.45, 7) is 16.1. The Hall–Kier alpha value is -0.860. The molecule has 0 aromatic heterocycles. The van der Waals surface area contributed by atoms with Gasteiger partial charge in [-0.3, -0.25) is 0 Å². The normalized spacial score (nSPS) is 43.9. The molecule has 2 fully saturated rings. The smallest absolute Gasteiger partial charge is 0.0693 e. The molecule has 0 amide bonds. The van der Waals surface area contributed by atoms with Gasteiger partial charge in [0.2, 0.25) is 0 Å². The standard InChI is InChI=1S/C28H44O2/c1-17(2)18(3)7-8-19(4)23-11-12-24-22-10-9-20-15-21(29)16-26(30)28(20,6)25(22)13-14-27(23,24)5/h9,13,17,19,21-24,26,29-30H,3,7-8,10-12,14-16H2,1-2,4-6H3/t19-,21-,22+,23-,24+,26+,27-,28+/m1/s1. The van der Waals surface area contributed by atoms with Crippen molar-refractivity contribution in [2.45, 2.75) is 98.2 Å². The van der Waals surface area contributed by atoms with E-state index in [1.807, 2.05) is 0 Å². The van der Waals surface area contributed by atoms with Crippen LogP contribution in [0.5, 0.6) is 0 Å². The Morgan fingerprint density at radius 3 is 2.60 bits per heavy atom. The molecule has 168 valence electrons. The van der Waals surface area contributed by atoms with Crippen LogP contribution >= 0.6 is 0 Å². The van der Waals surface area contributed by atoms with E-state index in [-0.39, 0.29) is 11.5 Å². The lowest BCUT2D eigenvalue weighted by Gasteiger charge is -2.55. The summed E-state index contributed by atoms with van der Waals surface area (Å²) in [5.41, 5.74) is 4.33. The monoisotopic (exact) mass is 412 g/mol. The minimum atomic E-state index is -0.455. The van der Waals surface area contributed by atoms with Crippen molar-refractivity contribution in [1.29, 1.82) is 0 Å². The van der Waals surface area contributed by atoms with Crippen molar-refractivity contribution in [1.82, 2.24) is 0 Å². The fourth-order valence-electron chi connectivity index (χ4n) is 7.88. The Morgan fingerprint density at radius 1 is 1.17 bits per heavy atom. The zero-order valence-electron chi connectivity index (χ0n) is 20.0. The average molecular weight is 413 g/mol. The first-order valence-electron chi connectivity index (χ1n) is 12.5. The van der Waals surface area contributed by atoms with E-state index in [9.17, 15) is 10.2 Å². The lowest BCUT2D eigenvalue weighted by atomic mass is 9.50. The summed E-state index contributed by atoms with van der Waals surface area (Å²) < 4.78 is 0. The van der Waals surface area contributed by atoms with Crippen LogP contribution in [-0.4, -0.2) is 22.4 Å². The molecule has 0 aromatic rings. The second kappa shape index (κ2) is 7.93. The first-order chi connectivity index (χ1) is 14.1. The molecule has 4 aliphatic rings. The Kier molecular flexibility index (Phi) is 5.90. The van der Waals surface area contributed by atoms with E-state index < -0.39 is 6.10 Å². The quantitative estimate of drug-likeness (QED) is 0.510. The van der Waals surface area contributed by atoms with Crippen molar-refractivity contribution in [3.8, 4) is 0 Å². The van der Waals surface area contributed by atoms with Crippen molar-refractivity contribution in [2.75, 3.05) is 0 Å². The minimum Gasteiger partial charge on any atom is -0.393 e. The summed E-state index contributed by atoms with van der Waals surface area (Å²) in [7, 11) is 0. The molecule has 2 saturated carbocycles. The Balaban J connectivity index is 1.56. The van der Waals surface area contributed by atoms with Crippen LogP contribution in [0.1, 0.15) is 86.0 Å². The predicted octanol–water partition coefficient (Wildman–Crippen LogP) is 6.45. The van der Waals surface area contributed by atoms with Crippen LogP contribution in [0.4, 0.5) is 0 Å². The van der Waals surface area contributed by atoms with Gasteiger partial charge < -0.3 is 10.2 Å². The molecular formula is C28H44O2. The molecule has 2 nitrogen and oxygen atoms in total. The summed E-state index contributed by atoms with van der Waals surface area (Å²) >= 11 is 0. The van der Waals surface area contributed by atoms with Gasteiger partial charge in [0, 0.05) is 11.8 Å². The summed E-state index contributed by atoms with van der Waals surface area (Å²) in [5, 5.41) is 21.2. The number of aliphatic hydroxyl groups excluding tert-OH is 2. The van der Waals surface area contributed by atoms with Gasteiger partial charge in [0.25, 0.3) is 0 Å². The van der Waals surface area contributed by atoms with Gasteiger partial charge in [-0.05, 0) is 86.9 Å². The molecule has 30 heavy (non-hydrogen) atoms. The fraction of sp³-hybridized carbons (Fsp3) is 0.786. The number of hydrogen-bond acceptors (Lipinski definition) is 2. The van der Waals surface area contributed by atoms with E-state index in [1.165, 1.54) is 42.4 Å². The maximum absolute atomic E-state index is 11.0. The number of rotatable bonds is 5. The Morgan fingerprint density at radius 2 is 1.90 bits per heavy atom. The molecule has 0 heterocycles. The summed E-state index contributed by atoms with van der Waals surface area (Å²) in [4.78, 5) is 0. The van der Waals surface area contributed by atoms with Crippen LogP contribution in [0, 0.1) is 40.4 Å². The van der Waals surface area contributed by atoms with E-state index in [2.05, 4.69) is 53.3 Å². The van der Waals surface area contributed by atoms with Crippen LogP contribution in [-0.2, 0) is 0 Å². The predicted molar refractivity (Wildman–Crippen MR) is 125 cm³/mol. The molecule has 8 atom stereocenters. The first-order valence-corrected chi connectivity index (χ1v) is 12.5. The van der Waals surface area contributed by atoms with E-state index in [0.29, 0.717) is 23.7 Å². The van der Waals surface area contributed by atoms with Crippen molar-refractivity contribution in [3.05, 3.63) is 35.5 Å². The van der Waals surface area contributed by atoms with Crippen LogP contribution in [0.15, 0.2) is 35.5 Å². The van der Waals surface area contributed by atoms with Gasteiger partial charge in [0.1, 0.15) is 0 Å². The van der Waals surface area contributed by atoms with Crippen LogP contribution < -0.4 is 0 Å². The Labute approximate surface area is 184 Å². The molecular weight excluding hydrogens is 368 g/mol. The van der Waals surface area contributed by atoms with Crippen molar-refractivity contribution in [3.63, 3.8) is 0 Å². The van der Waals surface area contributed by atoms with Gasteiger partial charge in [-0.25, -0.2) is 0 Å². The molecule has 0 radical (unpaired) electrons. The number of fused-ring (bicyclic) bond motifs is 5. The highest BCUT2D eigenvalue weighted by Gasteiger charge is 2.57. The molecule has 2 heteroatoms. The average Bonchev–Trinajstić information content (AvgIpc) is 3.04. The van der Waals surface area contributed by atoms with E-state index in [0.717, 1.165) is 37.0 Å². The number of aliphatic hydroxyl groups is 2. The topological polar surface area (TPSA) is 40.5 Å². The highest BCUT2D eigenvalue weighted by Crippen LogP contribution is 2.65. The molecule has 0 saturated heterocycles. The van der Waals surface area contributed by atoms with Crippen LogP contribution in [0.2, 0.25) is 0 Å². The molecule has 4 aliphatic carbocycles. The first kappa shape index (κ1) is 22.3. The van der Waals surface area contributed by atoms with Gasteiger partial charge in [0.15, 0.2) is 0 Å². The highest BCUT2D eigenvalue weighted by molar-refractivity contribution is 5.41. The van der Waals surface area contributed by atoms with Crippen LogP contribution in [0.3, 0.4) is 0 Å². The SMILES string of the molecule is C=C(CC[C@@H](C)[C@H]1CC[C@H]2[C@@H]3CC=C4C[C@@H](O)C[C@H](O)[C@]4(C)C3=CC[C@]12C)C(C)C. The second-order valence-corrected chi connectivity index (χ2v) is 11.9. The minimum absolute atomic E-state index is 0.248. The summed E-state index contributed by atoms with van der Waals surface area (Å²) in [6, 6.07) is 0. The third-order valence-electron chi connectivity index (χ3n) is 10.1. The zero-order chi connectivity index (χ0) is 21.8.